The summed E-state index contributed by atoms with van der Waals surface area (Å²) in [4.78, 5) is 52.4. The predicted octanol–water partition coefficient (Wildman–Crippen LogP) is 2.82. The first-order valence-corrected chi connectivity index (χ1v) is 15.2. The number of hydrogen-bond acceptors (Lipinski definition) is 6. The number of hydrogen-bond donors (Lipinski definition) is 2. The van der Waals surface area contributed by atoms with E-state index in [9.17, 15) is 27.6 Å². The van der Waals surface area contributed by atoms with Crippen molar-refractivity contribution in [2.75, 3.05) is 5.32 Å². The fourth-order valence-corrected chi connectivity index (χ4v) is 7.84. The Morgan fingerprint density at radius 1 is 0.929 bits per heavy atom. The minimum atomic E-state index is -4.03. The molecule has 11 heteroatoms. The number of nitrogens with zero attached hydrogens (tertiary/aromatic N) is 2. The summed E-state index contributed by atoms with van der Waals surface area (Å²) >= 11 is 0. The first kappa shape index (κ1) is 27.8. The molecule has 0 saturated carbocycles. The Balaban J connectivity index is 1.27. The molecule has 2 unspecified atom stereocenters. The summed E-state index contributed by atoms with van der Waals surface area (Å²) < 4.78 is 29.3. The molecule has 6 rings (SSSR count). The quantitative estimate of drug-likeness (QED) is 0.442. The second-order valence-electron chi connectivity index (χ2n) is 11.1. The minimum absolute atomic E-state index is 0.0591. The van der Waals surface area contributed by atoms with Crippen LogP contribution in [-0.4, -0.2) is 53.3 Å². The van der Waals surface area contributed by atoms with Crippen LogP contribution < -0.4 is 10.6 Å². The number of sulfonamides is 1. The normalized spacial score (nSPS) is 20.6. The third-order valence-corrected chi connectivity index (χ3v) is 10.2. The lowest BCUT2D eigenvalue weighted by molar-refractivity contribution is -0.137. The van der Waals surface area contributed by atoms with Gasteiger partial charge in [-0.25, -0.2) is 8.42 Å². The second-order valence-corrected chi connectivity index (χ2v) is 12.9. The molecule has 42 heavy (non-hydrogen) atoms. The van der Waals surface area contributed by atoms with Crippen LogP contribution in [0.3, 0.4) is 0 Å². The second kappa shape index (κ2) is 10.5. The van der Waals surface area contributed by atoms with Crippen LogP contribution in [0.15, 0.2) is 65.6 Å². The molecule has 0 bridgehead atoms. The number of aryl methyl sites for hydroxylation is 2. The number of nitrogens with one attached hydrogen (secondary N) is 2. The van der Waals surface area contributed by atoms with Crippen LogP contribution in [0.25, 0.3) is 0 Å². The van der Waals surface area contributed by atoms with Crippen molar-refractivity contribution in [3.05, 3.63) is 94.0 Å². The van der Waals surface area contributed by atoms with E-state index in [1.165, 1.54) is 9.21 Å². The molecule has 0 aromatic heterocycles. The first-order chi connectivity index (χ1) is 20.0. The van der Waals surface area contributed by atoms with Gasteiger partial charge in [0.1, 0.15) is 12.1 Å². The van der Waals surface area contributed by atoms with Gasteiger partial charge in [0, 0.05) is 30.8 Å². The summed E-state index contributed by atoms with van der Waals surface area (Å²) in [7, 11) is -4.03. The van der Waals surface area contributed by atoms with Crippen LogP contribution in [0.4, 0.5) is 5.69 Å². The number of carbonyl (C=O) groups excluding carboxylic acids is 4. The Bertz CT molecular complexity index is 1770. The fraction of sp³-hybridized carbons (Fsp3) is 0.290. The zero-order valence-corrected chi connectivity index (χ0v) is 24.0. The third kappa shape index (κ3) is 4.88. The number of piperidine rings is 1. The van der Waals surface area contributed by atoms with Gasteiger partial charge in [0.2, 0.25) is 27.7 Å². The zero-order chi connectivity index (χ0) is 29.8. The number of anilines is 1. The van der Waals surface area contributed by atoms with Crippen LogP contribution in [0, 0.1) is 13.8 Å². The number of rotatable bonds is 5. The van der Waals surface area contributed by atoms with E-state index in [4.69, 9.17) is 0 Å². The van der Waals surface area contributed by atoms with Crippen molar-refractivity contribution in [1.82, 2.24) is 14.5 Å². The van der Waals surface area contributed by atoms with E-state index >= 15 is 0 Å². The van der Waals surface area contributed by atoms with Gasteiger partial charge < -0.3 is 10.2 Å². The molecule has 2 atom stereocenters. The highest BCUT2D eigenvalue weighted by Gasteiger charge is 2.41. The van der Waals surface area contributed by atoms with E-state index in [2.05, 4.69) is 10.6 Å². The number of carbonyl (C=O) groups is 4. The van der Waals surface area contributed by atoms with Gasteiger partial charge in [-0.15, -0.1) is 0 Å². The highest BCUT2D eigenvalue weighted by atomic mass is 32.2. The van der Waals surface area contributed by atoms with Crippen molar-refractivity contribution in [1.29, 1.82) is 0 Å². The average molecular weight is 587 g/mol. The van der Waals surface area contributed by atoms with Gasteiger partial charge in [0.15, 0.2) is 0 Å². The molecule has 4 amide bonds. The van der Waals surface area contributed by atoms with Gasteiger partial charge in [-0.3, -0.25) is 24.5 Å². The molecule has 216 valence electrons. The Kier molecular flexibility index (Phi) is 6.94. The molecule has 1 saturated heterocycles. The number of benzene rings is 3. The molecular weight excluding hydrogens is 556 g/mol. The molecule has 3 aromatic rings. The maximum atomic E-state index is 14.0. The van der Waals surface area contributed by atoms with Crippen molar-refractivity contribution >= 4 is 39.3 Å². The summed E-state index contributed by atoms with van der Waals surface area (Å²) in [6.45, 7) is 3.79. The van der Waals surface area contributed by atoms with E-state index in [-0.39, 0.29) is 49.1 Å². The fourth-order valence-electron chi connectivity index (χ4n) is 5.96. The number of amides is 4. The summed E-state index contributed by atoms with van der Waals surface area (Å²) in [5, 5.41) is 5.16. The summed E-state index contributed by atoms with van der Waals surface area (Å²) in [6, 6.07) is 15.9. The van der Waals surface area contributed by atoms with E-state index in [0.717, 1.165) is 16.7 Å². The first-order valence-electron chi connectivity index (χ1n) is 13.8. The van der Waals surface area contributed by atoms with Gasteiger partial charge in [-0.05, 0) is 78.8 Å². The van der Waals surface area contributed by atoms with Crippen molar-refractivity contribution in [3.63, 3.8) is 0 Å². The standard InChI is InChI=1S/C31H30N4O6S/c1-18-7-8-19(2)27(13-18)42(40,41)35-17-21-6-4-3-5-20(21)15-26(35)30(38)32-23-9-10-24-22(14-23)16-34(31(24)39)25-11-12-28(36)33-29(25)37/h3-10,13-14,25-26H,11-12,15-17H2,1-2H3,(H,32,38)(H,33,36,37). The lowest BCUT2D eigenvalue weighted by atomic mass is 9.95. The molecule has 0 radical (unpaired) electrons. The molecule has 3 heterocycles. The van der Waals surface area contributed by atoms with E-state index in [1.54, 1.807) is 37.3 Å². The monoisotopic (exact) mass is 586 g/mol. The third-order valence-electron chi connectivity index (χ3n) is 8.23. The lowest BCUT2D eigenvalue weighted by Crippen LogP contribution is -2.52. The van der Waals surface area contributed by atoms with Gasteiger partial charge in [-0.1, -0.05) is 36.4 Å². The summed E-state index contributed by atoms with van der Waals surface area (Å²) in [5.74, 6) is -1.65. The molecule has 0 aliphatic carbocycles. The van der Waals surface area contributed by atoms with Crippen LogP contribution in [-0.2, 0) is 43.9 Å². The van der Waals surface area contributed by atoms with Gasteiger partial charge in [0.05, 0.1) is 4.90 Å². The predicted molar refractivity (Wildman–Crippen MR) is 154 cm³/mol. The van der Waals surface area contributed by atoms with E-state index in [0.29, 0.717) is 22.4 Å². The van der Waals surface area contributed by atoms with Crippen molar-refractivity contribution in [2.24, 2.45) is 0 Å². The molecule has 3 aliphatic heterocycles. The molecule has 3 aliphatic rings. The highest BCUT2D eigenvalue weighted by molar-refractivity contribution is 7.89. The maximum absolute atomic E-state index is 14.0. The largest absolute Gasteiger partial charge is 0.325 e. The Morgan fingerprint density at radius 2 is 1.69 bits per heavy atom. The van der Waals surface area contributed by atoms with Crippen LogP contribution in [0.5, 0.6) is 0 Å². The molecule has 2 N–H and O–H groups in total. The smallest absolute Gasteiger partial charge is 0.255 e. The molecule has 1 fully saturated rings. The van der Waals surface area contributed by atoms with Crippen LogP contribution in [0.1, 0.15) is 51.0 Å². The van der Waals surface area contributed by atoms with E-state index in [1.807, 2.05) is 37.3 Å². The SMILES string of the molecule is Cc1ccc(C)c(S(=O)(=O)N2Cc3ccccc3CC2C(=O)Nc2ccc3c(c2)CN(C2CCC(=O)NC2=O)C3=O)c1. The number of imide groups is 1. The number of fused-ring (bicyclic) bond motifs is 2. The van der Waals surface area contributed by atoms with Crippen molar-refractivity contribution in [2.45, 2.75) is 63.2 Å². The van der Waals surface area contributed by atoms with E-state index < -0.39 is 33.9 Å². The highest BCUT2D eigenvalue weighted by Crippen LogP contribution is 2.33. The van der Waals surface area contributed by atoms with Crippen LogP contribution >= 0.6 is 0 Å². The Hall–Kier alpha value is -4.35. The van der Waals surface area contributed by atoms with Gasteiger partial charge in [-0.2, -0.15) is 4.31 Å². The molecule has 10 nitrogen and oxygen atoms in total. The van der Waals surface area contributed by atoms with Gasteiger partial charge >= 0.3 is 0 Å². The van der Waals surface area contributed by atoms with Gasteiger partial charge in [0.25, 0.3) is 5.91 Å². The average Bonchev–Trinajstić information content (AvgIpc) is 3.28. The molecule has 0 spiro atoms. The van der Waals surface area contributed by atoms with Crippen molar-refractivity contribution in [3.8, 4) is 0 Å². The lowest BCUT2D eigenvalue weighted by Gasteiger charge is -2.35. The summed E-state index contributed by atoms with van der Waals surface area (Å²) in [5.41, 5.74) is 4.63. The zero-order valence-electron chi connectivity index (χ0n) is 23.2. The Labute approximate surface area is 243 Å². The molecule has 3 aromatic carbocycles. The summed E-state index contributed by atoms with van der Waals surface area (Å²) in [6.07, 6.45) is 0.616. The van der Waals surface area contributed by atoms with Crippen LogP contribution in [0.2, 0.25) is 0 Å². The topological polar surface area (TPSA) is 133 Å². The van der Waals surface area contributed by atoms with Crippen molar-refractivity contribution < 1.29 is 27.6 Å². The molecular formula is C31H30N4O6S. The Morgan fingerprint density at radius 3 is 2.45 bits per heavy atom. The minimum Gasteiger partial charge on any atom is -0.325 e. The maximum Gasteiger partial charge on any atom is 0.255 e.